The summed E-state index contributed by atoms with van der Waals surface area (Å²) in [5, 5.41) is 5.48. The van der Waals surface area contributed by atoms with E-state index >= 15 is 0 Å². The summed E-state index contributed by atoms with van der Waals surface area (Å²) < 4.78 is 0. The smallest absolute Gasteiger partial charge is 0.349 e. The highest BCUT2D eigenvalue weighted by Crippen LogP contribution is 2.08. The third-order valence-electron chi connectivity index (χ3n) is 0.988. The van der Waals surface area contributed by atoms with Crippen molar-refractivity contribution in [3.05, 3.63) is 11.1 Å². The monoisotopic (exact) mass is 219 g/mol. The molecule has 0 bridgehead atoms. The van der Waals surface area contributed by atoms with E-state index in [0.29, 0.717) is 10.8 Å². The Bertz CT molecular complexity index is 325. The van der Waals surface area contributed by atoms with Crippen LogP contribution < -0.4 is 5.73 Å². The molecule has 1 heterocycles. The number of halogens is 1. The summed E-state index contributed by atoms with van der Waals surface area (Å²) in [5.41, 5.74) is 5.90. The summed E-state index contributed by atoms with van der Waals surface area (Å²) in [6.45, 7) is 0. The van der Waals surface area contributed by atoms with Crippen molar-refractivity contribution in [2.45, 2.75) is 0 Å². The van der Waals surface area contributed by atoms with Gasteiger partial charge in [-0.25, -0.2) is 9.78 Å². The van der Waals surface area contributed by atoms with Gasteiger partial charge >= 0.3 is 5.97 Å². The number of alkyl halides is 1. The van der Waals surface area contributed by atoms with E-state index in [0.717, 1.165) is 0 Å². The van der Waals surface area contributed by atoms with Crippen LogP contribution >= 0.6 is 22.9 Å². The number of carbonyl (C=O) groups excluding carboxylic acids is 1. The van der Waals surface area contributed by atoms with Gasteiger partial charge in [0.05, 0.1) is 11.9 Å². The second-order valence-corrected chi connectivity index (χ2v) is 3.10. The maximum absolute atomic E-state index is 10.5. The van der Waals surface area contributed by atoms with Crippen LogP contribution in [-0.4, -0.2) is 23.0 Å². The maximum atomic E-state index is 10.5. The molecule has 0 aliphatic rings. The maximum Gasteiger partial charge on any atom is 0.349 e. The molecule has 0 aromatic carbocycles. The molecule has 2 N–H and O–H groups in total. The molecule has 0 unspecified atom stereocenters. The van der Waals surface area contributed by atoms with Crippen LogP contribution in [0, 0.1) is 0 Å². The summed E-state index contributed by atoms with van der Waals surface area (Å²) in [6, 6.07) is 0. The number of hydrogen-bond acceptors (Lipinski definition) is 6. The molecule has 7 heteroatoms. The van der Waals surface area contributed by atoms with E-state index in [9.17, 15) is 4.79 Å². The number of thiazole rings is 1. The predicted octanol–water partition coefficient (Wildman–Crippen LogP) is 0.841. The van der Waals surface area contributed by atoms with Gasteiger partial charge in [-0.1, -0.05) is 5.16 Å². The number of anilines is 1. The van der Waals surface area contributed by atoms with Crippen molar-refractivity contribution in [3.8, 4) is 0 Å². The summed E-state index contributed by atoms with van der Waals surface area (Å²) in [7, 11) is 0. The lowest BCUT2D eigenvalue weighted by Gasteiger charge is -1.88. The molecule has 1 rings (SSSR count). The molecule has 13 heavy (non-hydrogen) atoms. The highest BCUT2D eigenvalue weighted by Gasteiger charge is 1.98. The van der Waals surface area contributed by atoms with Gasteiger partial charge < -0.3 is 10.6 Å². The van der Waals surface area contributed by atoms with E-state index in [4.69, 9.17) is 17.3 Å². The van der Waals surface area contributed by atoms with Crippen LogP contribution in [0.15, 0.2) is 10.5 Å². The van der Waals surface area contributed by atoms with Crippen LogP contribution in [0.1, 0.15) is 5.69 Å². The average molecular weight is 220 g/mol. The predicted molar refractivity (Wildman–Crippen MR) is 50.9 cm³/mol. The molecule has 0 aliphatic heterocycles. The molecule has 0 radical (unpaired) electrons. The van der Waals surface area contributed by atoms with Crippen LogP contribution in [0.5, 0.6) is 0 Å². The molecule has 0 spiro atoms. The van der Waals surface area contributed by atoms with Gasteiger partial charge in [0.15, 0.2) is 5.13 Å². The number of rotatable bonds is 3. The molecule has 0 aliphatic carbocycles. The van der Waals surface area contributed by atoms with Gasteiger partial charge in [-0.3, -0.25) is 0 Å². The van der Waals surface area contributed by atoms with E-state index in [1.807, 2.05) is 0 Å². The number of nitrogens with two attached hydrogens (primary N) is 1. The quantitative estimate of drug-likeness (QED) is 0.354. The summed E-state index contributed by atoms with van der Waals surface area (Å²) >= 11 is 6.43. The Morgan fingerprint density at radius 2 is 2.69 bits per heavy atom. The molecule has 0 fully saturated rings. The Kier molecular flexibility index (Phi) is 3.66. The van der Waals surface area contributed by atoms with Crippen molar-refractivity contribution in [3.63, 3.8) is 0 Å². The first kappa shape index (κ1) is 9.94. The van der Waals surface area contributed by atoms with Crippen LogP contribution in [0.2, 0.25) is 0 Å². The minimum Gasteiger partial charge on any atom is -0.375 e. The van der Waals surface area contributed by atoms with Gasteiger partial charge in [0.1, 0.15) is 5.88 Å². The van der Waals surface area contributed by atoms with Crippen molar-refractivity contribution >= 4 is 40.3 Å². The van der Waals surface area contributed by atoms with E-state index in [2.05, 4.69) is 15.0 Å². The number of nitrogens with zero attached hydrogens (tertiary/aromatic N) is 2. The standard InChI is InChI=1S/C6H6ClN3O2S/c7-1-5(11)12-9-2-4-3-13-6(8)10-4/h2-3H,1H2,(H2,8,10)/b9-2+. The SMILES string of the molecule is Nc1nc(/C=N/OC(=O)CCl)cs1. The molecule has 0 saturated carbocycles. The van der Waals surface area contributed by atoms with Gasteiger partial charge in [0, 0.05) is 5.38 Å². The second-order valence-electron chi connectivity index (χ2n) is 1.94. The van der Waals surface area contributed by atoms with Crippen LogP contribution in [0.25, 0.3) is 0 Å². The zero-order valence-corrected chi connectivity index (χ0v) is 8.01. The fourth-order valence-electron chi connectivity index (χ4n) is 0.524. The van der Waals surface area contributed by atoms with Gasteiger partial charge in [-0.05, 0) is 0 Å². The second kappa shape index (κ2) is 4.78. The van der Waals surface area contributed by atoms with Gasteiger partial charge in [-0.2, -0.15) is 0 Å². The first-order chi connectivity index (χ1) is 6.22. The molecule has 70 valence electrons. The minimum absolute atomic E-state index is 0.226. The van der Waals surface area contributed by atoms with Crippen LogP contribution in [0.3, 0.4) is 0 Å². The summed E-state index contributed by atoms with van der Waals surface area (Å²) in [6.07, 6.45) is 1.29. The Morgan fingerprint density at radius 3 is 3.23 bits per heavy atom. The van der Waals surface area contributed by atoms with E-state index in [-0.39, 0.29) is 5.88 Å². The summed E-state index contributed by atoms with van der Waals surface area (Å²) in [5.74, 6) is -0.836. The van der Waals surface area contributed by atoms with E-state index in [1.54, 1.807) is 5.38 Å². The Morgan fingerprint density at radius 1 is 1.92 bits per heavy atom. The zero-order valence-electron chi connectivity index (χ0n) is 6.44. The third-order valence-corrected chi connectivity index (χ3v) is 1.90. The molecule has 0 atom stereocenters. The number of nitrogen functional groups attached to an aromatic ring is 1. The van der Waals surface area contributed by atoms with Gasteiger partial charge in [0.25, 0.3) is 0 Å². The first-order valence-corrected chi connectivity index (χ1v) is 4.64. The summed E-state index contributed by atoms with van der Waals surface area (Å²) in [4.78, 5) is 18.7. The third kappa shape index (κ3) is 3.39. The number of oxime groups is 1. The molecule has 0 amide bonds. The van der Waals surface area contributed by atoms with Crippen molar-refractivity contribution in [2.24, 2.45) is 5.16 Å². The van der Waals surface area contributed by atoms with E-state index < -0.39 is 5.97 Å². The molecular formula is C6H6ClN3O2S. The van der Waals surface area contributed by atoms with Crippen molar-refractivity contribution in [2.75, 3.05) is 11.6 Å². The topological polar surface area (TPSA) is 77.6 Å². The van der Waals surface area contributed by atoms with Crippen LogP contribution in [0.4, 0.5) is 5.13 Å². The van der Waals surface area contributed by atoms with Crippen molar-refractivity contribution < 1.29 is 9.63 Å². The average Bonchev–Trinajstić information content (AvgIpc) is 2.51. The molecule has 1 aromatic heterocycles. The highest BCUT2D eigenvalue weighted by molar-refractivity contribution is 7.13. The molecule has 1 aromatic rings. The Balaban J connectivity index is 2.45. The largest absolute Gasteiger partial charge is 0.375 e. The van der Waals surface area contributed by atoms with Crippen molar-refractivity contribution in [1.29, 1.82) is 0 Å². The molecule has 5 nitrogen and oxygen atoms in total. The lowest BCUT2D eigenvalue weighted by atomic mass is 10.6. The highest BCUT2D eigenvalue weighted by atomic mass is 35.5. The fraction of sp³-hybridized carbons (Fsp3) is 0.167. The Hall–Kier alpha value is -1.14. The normalized spacial score (nSPS) is 10.5. The lowest BCUT2D eigenvalue weighted by Crippen LogP contribution is -2.00. The van der Waals surface area contributed by atoms with Crippen molar-refractivity contribution in [1.82, 2.24) is 4.98 Å². The number of carbonyl (C=O) groups is 1. The Labute approximate surface area is 83.2 Å². The first-order valence-electron chi connectivity index (χ1n) is 3.22. The number of aromatic nitrogens is 1. The minimum atomic E-state index is -0.610. The molecular weight excluding hydrogens is 214 g/mol. The zero-order chi connectivity index (χ0) is 9.68. The van der Waals surface area contributed by atoms with Gasteiger partial charge in [0.2, 0.25) is 0 Å². The number of hydrogen-bond donors (Lipinski definition) is 1. The van der Waals surface area contributed by atoms with Crippen LogP contribution in [-0.2, 0) is 9.63 Å². The fourth-order valence-corrected chi connectivity index (χ4v) is 1.09. The van der Waals surface area contributed by atoms with E-state index in [1.165, 1.54) is 17.6 Å². The molecule has 0 saturated heterocycles. The lowest BCUT2D eigenvalue weighted by molar-refractivity contribution is -0.140. The van der Waals surface area contributed by atoms with Gasteiger partial charge in [-0.15, -0.1) is 22.9 Å².